The summed E-state index contributed by atoms with van der Waals surface area (Å²) >= 11 is 1.58. The first-order valence-electron chi connectivity index (χ1n) is 12.1. The van der Waals surface area contributed by atoms with Crippen molar-refractivity contribution in [3.63, 3.8) is 0 Å². The number of hydrogen-bond acceptors (Lipinski definition) is 6. The van der Waals surface area contributed by atoms with Crippen LogP contribution in [0.25, 0.3) is 10.1 Å². The molecule has 1 amide bonds. The van der Waals surface area contributed by atoms with Crippen molar-refractivity contribution in [1.29, 1.82) is 0 Å². The topological polar surface area (TPSA) is 51.7 Å². The van der Waals surface area contributed by atoms with Crippen LogP contribution >= 0.6 is 11.5 Å². The molecule has 1 N–H and O–H groups in total. The first kappa shape index (κ1) is 23.3. The lowest BCUT2D eigenvalue weighted by Crippen LogP contribution is -2.47. The monoisotopic (exact) mass is 485 g/mol. The SMILES string of the molecule is CN(C)c1cccc(C(=O)Nc2ccccc2CCN2CCN(c3nsc4ccccc34)CC2)c1. The average Bonchev–Trinajstić information content (AvgIpc) is 3.33. The van der Waals surface area contributed by atoms with Crippen molar-refractivity contribution in [2.45, 2.75) is 6.42 Å². The summed E-state index contributed by atoms with van der Waals surface area (Å²) < 4.78 is 5.97. The molecule has 2 heterocycles. The molecule has 0 spiro atoms. The number of carbonyl (C=O) groups excluding carboxylic acids is 1. The molecule has 1 aliphatic heterocycles. The lowest BCUT2D eigenvalue weighted by Gasteiger charge is -2.35. The number of piperazine rings is 1. The van der Waals surface area contributed by atoms with Gasteiger partial charge in [0.05, 0.1) is 4.70 Å². The van der Waals surface area contributed by atoms with E-state index in [0.29, 0.717) is 5.56 Å². The third kappa shape index (κ3) is 5.31. The van der Waals surface area contributed by atoms with E-state index >= 15 is 0 Å². The van der Waals surface area contributed by atoms with Gasteiger partial charge in [-0.1, -0.05) is 36.4 Å². The number of rotatable bonds is 7. The first-order chi connectivity index (χ1) is 17.1. The lowest BCUT2D eigenvalue weighted by atomic mass is 10.1. The maximum Gasteiger partial charge on any atom is 0.255 e. The molecule has 3 aromatic carbocycles. The van der Waals surface area contributed by atoms with E-state index in [1.165, 1.54) is 10.1 Å². The summed E-state index contributed by atoms with van der Waals surface area (Å²) in [6, 6.07) is 24.3. The molecule has 7 heteroatoms. The summed E-state index contributed by atoms with van der Waals surface area (Å²) in [5.74, 6) is 1.04. The standard InChI is InChI=1S/C28H31N5OS/c1-31(2)23-10-7-9-22(20-23)28(34)29-25-12-5-3-8-21(25)14-15-32-16-18-33(19-17-32)27-24-11-4-6-13-26(24)35-30-27/h3-13,20H,14-19H2,1-2H3,(H,29,34). The van der Waals surface area contributed by atoms with Crippen molar-refractivity contribution in [2.75, 3.05) is 61.9 Å². The number of anilines is 3. The van der Waals surface area contributed by atoms with E-state index in [2.05, 4.69) is 45.4 Å². The van der Waals surface area contributed by atoms with Gasteiger partial charge in [-0.05, 0) is 59.9 Å². The predicted octanol–water partition coefficient (Wildman–Crippen LogP) is 4.98. The van der Waals surface area contributed by atoms with E-state index < -0.39 is 0 Å². The second-order valence-corrected chi connectivity index (χ2v) is 9.94. The molecular weight excluding hydrogens is 454 g/mol. The van der Waals surface area contributed by atoms with Crippen LogP contribution in [-0.4, -0.2) is 62.0 Å². The van der Waals surface area contributed by atoms with Crippen LogP contribution in [0.5, 0.6) is 0 Å². The van der Waals surface area contributed by atoms with Crippen LogP contribution in [0.2, 0.25) is 0 Å². The van der Waals surface area contributed by atoms with Crippen LogP contribution in [0.1, 0.15) is 15.9 Å². The minimum atomic E-state index is -0.0785. The molecule has 0 unspecified atom stereocenters. The van der Waals surface area contributed by atoms with Gasteiger partial charge in [0.1, 0.15) is 5.82 Å². The van der Waals surface area contributed by atoms with Gasteiger partial charge in [0.2, 0.25) is 0 Å². The molecule has 0 radical (unpaired) electrons. The lowest BCUT2D eigenvalue weighted by molar-refractivity contribution is 0.102. The molecule has 6 nitrogen and oxygen atoms in total. The molecule has 0 saturated carbocycles. The first-order valence-corrected chi connectivity index (χ1v) is 12.8. The highest BCUT2D eigenvalue weighted by Gasteiger charge is 2.21. The largest absolute Gasteiger partial charge is 0.378 e. The minimum Gasteiger partial charge on any atom is -0.378 e. The predicted molar refractivity (Wildman–Crippen MR) is 147 cm³/mol. The van der Waals surface area contributed by atoms with Gasteiger partial charge < -0.3 is 15.1 Å². The molecule has 0 atom stereocenters. The van der Waals surface area contributed by atoms with Crippen molar-refractivity contribution in [2.24, 2.45) is 0 Å². The van der Waals surface area contributed by atoms with Crippen molar-refractivity contribution >= 4 is 44.7 Å². The quantitative estimate of drug-likeness (QED) is 0.400. The number of nitrogens with zero attached hydrogens (tertiary/aromatic N) is 4. The molecule has 0 aliphatic carbocycles. The number of fused-ring (bicyclic) bond motifs is 1. The van der Waals surface area contributed by atoms with Gasteiger partial charge in [-0.3, -0.25) is 9.69 Å². The van der Waals surface area contributed by atoms with Crippen molar-refractivity contribution < 1.29 is 4.79 Å². The Morgan fingerprint density at radius 1 is 0.971 bits per heavy atom. The number of benzene rings is 3. The Hall–Kier alpha value is -3.42. The van der Waals surface area contributed by atoms with E-state index in [9.17, 15) is 4.79 Å². The second kappa shape index (κ2) is 10.5. The van der Waals surface area contributed by atoms with Crippen LogP contribution in [0.3, 0.4) is 0 Å². The fourth-order valence-electron chi connectivity index (χ4n) is 4.54. The fraction of sp³-hybridized carbons (Fsp3) is 0.286. The van der Waals surface area contributed by atoms with Gasteiger partial charge in [-0.2, -0.15) is 4.37 Å². The Morgan fingerprint density at radius 2 is 1.74 bits per heavy atom. The summed E-state index contributed by atoms with van der Waals surface area (Å²) in [6.07, 6.45) is 0.897. The summed E-state index contributed by atoms with van der Waals surface area (Å²) in [5.41, 5.74) is 3.73. The van der Waals surface area contributed by atoms with Crippen molar-refractivity contribution in [3.05, 3.63) is 83.9 Å². The molecule has 1 saturated heterocycles. The van der Waals surface area contributed by atoms with Gasteiger partial charge in [0, 0.05) is 69.1 Å². The van der Waals surface area contributed by atoms with E-state index in [1.807, 2.05) is 61.5 Å². The highest BCUT2D eigenvalue weighted by atomic mass is 32.1. The van der Waals surface area contributed by atoms with Crippen LogP contribution in [0.15, 0.2) is 72.8 Å². The number of aromatic nitrogens is 1. The van der Waals surface area contributed by atoms with Crippen molar-refractivity contribution in [3.8, 4) is 0 Å². The molecule has 0 bridgehead atoms. The number of carbonyl (C=O) groups is 1. The van der Waals surface area contributed by atoms with Crippen molar-refractivity contribution in [1.82, 2.24) is 9.27 Å². The van der Waals surface area contributed by atoms with E-state index in [4.69, 9.17) is 4.37 Å². The molecule has 1 fully saturated rings. The Balaban J connectivity index is 1.18. The summed E-state index contributed by atoms with van der Waals surface area (Å²) in [7, 11) is 3.95. The summed E-state index contributed by atoms with van der Waals surface area (Å²) in [4.78, 5) is 19.9. The van der Waals surface area contributed by atoms with Gasteiger partial charge in [-0.15, -0.1) is 0 Å². The van der Waals surface area contributed by atoms with Crippen LogP contribution in [-0.2, 0) is 6.42 Å². The highest BCUT2D eigenvalue weighted by molar-refractivity contribution is 7.13. The molecular formula is C28H31N5OS. The van der Waals surface area contributed by atoms with Crippen LogP contribution in [0, 0.1) is 0 Å². The molecule has 1 aliphatic rings. The Labute approximate surface area is 210 Å². The molecule has 1 aromatic heterocycles. The zero-order chi connectivity index (χ0) is 24.2. The maximum atomic E-state index is 12.9. The highest BCUT2D eigenvalue weighted by Crippen LogP contribution is 2.30. The van der Waals surface area contributed by atoms with E-state index in [-0.39, 0.29) is 5.91 Å². The zero-order valence-corrected chi connectivity index (χ0v) is 21.1. The number of para-hydroxylation sites is 1. The fourth-order valence-corrected chi connectivity index (χ4v) is 5.34. The van der Waals surface area contributed by atoms with Gasteiger partial charge in [-0.25, -0.2) is 0 Å². The van der Waals surface area contributed by atoms with Gasteiger partial charge in [0.15, 0.2) is 0 Å². The van der Waals surface area contributed by atoms with E-state index in [0.717, 1.165) is 61.9 Å². The molecule has 35 heavy (non-hydrogen) atoms. The Kier molecular flexibility index (Phi) is 6.97. The molecule has 5 rings (SSSR count). The molecule has 180 valence electrons. The second-order valence-electron chi connectivity index (χ2n) is 9.14. The normalized spacial score (nSPS) is 14.3. The third-order valence-corrected chi connectivity index (χ3v) is 7.43. The Bertz CT molecular complexity index is 1310. The maximum absolute atomic E-state index is 12.9. The van der Waals surface area contributed by atoms with E-state index in [1.54, 1.807) is 11.5 Å². The third-order valence-electron chi connectivity index (χ3n) is 6.62. The van der Waals surface area contributed by atoms with Gasteiger partial charge >= 0.3 is 0 Å². The molecule has 4 aromatic rings. The van der Waals surface area contributed by atoms with Crippen LogP contribution < -0.4 is 15.1 Å². The number of hydrogen-bond donors (Lipinski definition) is 1. The average molecular weight is 486 g/mol. The smallest absolute Gasteiger partial charge is 0.255 e. The van der Waals surface area contributed by atoms with Crippen LogP contribution in [0.4, 0.5) is 17.2 Å². The Morgan fingerprint density at radius 3 is 2.57 bits per heavy atom. The minimum absolute atomic E-state index is 0.0785. The number of amides is 1. The summed E-state index contributed by atoms with van der Waals surface area (Å²) in [5, 5.41) is 4.39. The number of nitrogens with one attached hydrogen (secondary N) is 1. The zero-order valence-electron chi connectivity index (χ0n) is 20.3. The summed E-state index contributed by atoms with van der Waals surface area (Å²) in [6.45, 7) is 4.95. The van der Waals surface area contributed by atoms with Gasteiger partial charge in [0.25, 0.3) is 5.91 Å².